The number of hydrogen-bond donors (Lipinski definition) is 2. The molecule has 6 nitrogen and oxygen atoms in total. The Morgan fingerprint density at radius 2 is 2.04 bits per heavy atom. The molecule has 0 aliphatic carbocycles. The molecule has 1 heterocycles. The minimum Gasteiger partial charge on any atom is -0.359 e. The monoisotopic (exact) mass is 349 g/mol. The van der Waals surface area contributed by atoms with Crippen LogP contribution in [0.25, 0.3) is 0 Å². The van der Waals surface area contributed by atoms with Gasteiger partial charge in [0.25, 0.3) is 0 Å². The fourth-order valence-electron chi connectivity index (χ4n) is 2.41. The van der Waals surface area contributed by atoms with E-state index in [2.05, 4.69) is 29.6 Å². The largest absolute Gasteiger partial charge is 0.359 e. The summed E-state index contributed by atoms with van der Waals surface area (Å²) in [6, 6.07) is 8.48. The number of hydrogen-bond acceptors (Lipinski definition) is 4. The Hall–Kier alpha value is -2.15. The van der Waals surface area contributed by atoms with Gasteiger partial charge in [-0.15, -0.1) is 0 Å². The smallest absolute Gasteiger partial charge is 0.319 e. The lowest BCUT2D eigenvalue weighted by atomic mass is 9.99. The van der Waals surface area contributed by atoms with Crippen LogP contribution in [0, 0.1) is 0 Å². The highest BCUT2D eigenvalue weighted by Crippen LogP contribution is 2.22. The molecule has 130 valence electrons. The molecule has 2 amide bonds. The van der Waals surface area contributed by atoms with Crippen molar-refractivity contribution < 1.29 is 13.5 Å². The van der Waals surface area contributed by atoms with Crippen molar-refractivity contribution in [1.29, 1.82) is 0 Å². The maximum absolute atomic E-state index is 12.0. The number of nitrogens with one attached hydrogen (secondary N) is 2. The van der Waals surface area contributed by atoms with E-state index in [1.54, 1.807) is 30.5 Å². The zero-order chi connectivity index (χ0) is 17.5. The second-order valence-electron chi connectivity index (χ2n) is 5.52. The molecular formula is C17H23N3O3S. The third-order valence-corrected chi connectivity index (χ3v) is 4.75. The van der Waals surface area contributed by atoms with Crippen LogP contribution >= 0.6 is 0 Å². The van der Waals surface area contributed by atoms with Crippen LogP contribution in [0.3, 0.4) is 0 Å². The highest BCUT2D eigenvalue weighted by Gasteiger charge is 2.13. The van der Waals surface area contributed by atoms with Crippen LogP contribution in [0.15, 0.2) is 39.8 Å². The zero-order valence-electron chi connectivity index (χ0n) is 14.2. The molecule has 24 heavy (non-hydrogen) atoms. The lowest BCUT2D eigenvalue weighted by molar-refractivity contribution is 0.250. The fraction of sp³-hybridized carbons (Fsp3) is 0.412. The minimum atomic E-state index is -1.09. The molecule has 0 fully saturated rings. The topological polar surface area (TPSA) is 84.2 Å². The van der Waals surface area contributed by atoms with E-state index in [1.165, 1.54) is 0 Å². The third kappa shape index (κ3) is 4.92. The highest BCUT2D eigenvalue weighted by atomic mass is 32.2. The number of amides is 2. The molecule has 0 saturated carbocycles. The molecular weight excluding hydrogens is 326 g/mol. The van der Waals surface area contributed by atoms with Crippen LogP contribution in [0.1, 0.15) is 44.1 Å². The molecule has 2 aromatic rings. The minimum absolute atomic E-state index is 0.262. The van der Waals surface area contributed by atoms with Gasteiger partial charge in [-0.3, -0.25) is 4.21 Å². The van der Waals surface area contributed by atoms with Gasteiger partial charge in [-0.25, -0.2) is 4.79 Å². The zero-order valence-corrected chi connectivity index (χ0v) is 15.0. The number of urea groups is 1. The average Bonchev–Trinajstić information content (AvgIpc) is 3.03. The van der Waals surface area contributed by atoms with Crippen molar-refractivity contribution in [3.63, 3.8) is 0 Å². The molecule has 0 saturated heterocycles. The predicted molar refractivity (Wildman–Crippen MR) is 94.5 cm³/mol. The van der Waals surface area contributed by atoms with Gasteiger partial charge in [0, 0.05) is 39.6 Å². The van der Waals surface area contributed by atoms with Crippen molar-refractivity contribution in [3.05, 3.63) is 41.8 Å². The van der Waals surface area contributed by atoms with Crippen molar-refractivity contribution in [2.75, 3.05) is 11.6 Å². The summed E-state index contributed by atoms with van der Waals surface area (Å²) in [6.45, 7) is 4.50. The van der Waals surface area contributed by atoms with Crippen LogP contribution in [0.5, 0.6) is 0 Å². The lowest BCUT2D eigenvalue weighted by Gasteiger charge is -2.07. The van der Waals surface area contributed by atoms with Gasteiger partial charge in [0.05, 0.1) is 12.2 Å². The summed E-state index contributed by atoms with van der Waals surface area (Å²) >= 11 is 0. The van der Waals surface area contributed by atoms with Gasteiger partial charge in [-0.05, 0) is 31.0 Å². The van der Waals surface area contributed by atoms with Crippen LogP contribution in [0.4, 0.5) is 10.5 Å². The van der Waals surface area contributed by atoms with Gasteiger partial charge in [0.1, 0.15) is 0 Å². The molecule has 0 aliphatic heterocycles. The van der Waals surface area contributed by atoms with Crippen molar-refractivity contribution in [3.8, 4) is 0 Å². The highest BCUT2D eigenvalue weighted by molar-refractivity contribution is 7.84. The van der Waals surface area contributed by atoms with Gasteiger partial charge < -0.3 is 15.2 Å². The number of anilines is 1. The van der Waals surface area contributed by atoms with E-state index in [0.29, 0.717) is 22.3 Å². The van der Waals surface area contributed by atoms with Gasteiger partial charge >= 0.3 is 6.03 Å². The first-order valence-corrected chi connectivity index (χ1v) is 9.53. The Morgan fingerprint density at radius 1 is 1.29 bits per heavy atom. The number of nitrogens with zero attached hydrogens (tertiary/aromatic N) is 1. The number of rotatable bonds is 7. The molecule has 0 aliphatic rings. The summed E-state index contributed by atoms with van der Waals surface area (Å²) in [5.41, 5.74) is 1.52. The molecule has 1 aromatic heterocycles. The van der Waals surface area contributed by atoms with Gasteiger partial charge in [-0.2, -0.15) is 0 Å². The van der Waals surface area contributed by atoms with Crippen LogP contribution < -0.4 is 10.6 Å². The first kappa shape index (κ1) is 18.2. The van der Waals surface area contributed by atoms with Crippen molar-refractivity contribution >= 4 is 22.5 Å². The summed E-state index contributed by atoms with van der Waals surface area (Å²) in [5.74, 6) is 1.00. The maximum atomic E-state index is 12.0. The molecule has 1 atom stereocenters. The Balaban J connectivity index is 1.89. The predicted octanol–water partition coefficient (Wildman–Crippen LogP) is 3.64. The number of carbonyl (C=O) groups is 1. The summed E-state index contributed by atoms with van der Waals surface area (Å²) in [7, 11) is -1.09. The molecule has 2 N–H and O–H groups in total. The number of benzene rings is 1. The second-order valence-corrected chi connectivity index (χ2v) is 6.90. The maximum Gasteiger partial charge on any atom is 0.319 e. The number of carbonyl (C=O) groups excluding carboxylic acids is 1. The summed E-state index contributed by atoms with van der Waals surface area (Å²) in [4.78, 5) is 12.6. The number of aromatic nitrogens is 1. The first-order valence-electron chi connectivity index (χ1n) is 7.97. The second kappa shape index (κ2) is 8.63. The summed E-state index contributed by atoms with van der Waals surface area (Å²) in [5, 5.41) is 9.51. The normalized spacial score (nSPS) is 12.2. The van der Waals surface area contributed by atoms with Crippen molar-refractivity contribution in [2.24, 2.45) is 0 Å². The Morgan fingerprint density at radius 3 is 2.71 bits per heavy atom. The average molecular weight is 349 g/mol. The van der Waals surface area contributed by atoms with Crippen molar-refractivity contribution in [2.45, 2.75) is 44.0 Å². The molecule has 1 unspecified atom stereocenters. The Kier molecular flexibility index (Phi) is 6.54. The van der Waals surface area contributed by atoms with E-state index in [4.69, 9.17) is 4.52 Å². The third-order valence-electron chi connectivity index (χ3n) is 3.83. The van der Waals surface area contributed by atoms with Crippen LogP contribution in [0.2, 0.25) is 0 Å². The van der Waals surface area contributed by atoms with E-state index >= 15 is 0 Å². The van der Waals surface area contributed by atoms with E-state index in [1.807, 2.05) is 6.07 Å². The Bertz CT molecular complexity index is 711. The van der Waals surface area contributed by atoms with Crippen LogP contribution in [-0.4, -0.2) is 21.7 Å². The van der Waals surface area contributed by atoms with Crippen LogP contribution in [-0.2, 0) is 17.3 Å². The fourth-order valence-corrected chi connectivity index (χ4v) is 2.97. The SMILES string of the molecule is CCC(CC)c1cc(CNC(=O)Nc2cccc(S(C)=O)c2)on1. The van der Waals surface area contributed by atoms with Gasteiger partial charge in [0.2, 0.25) is 0 Å². The molecule has 0 bridgehead atoms. The van der Waals surface area contributed by atoms with Gasteiger partial charge in [0.15, 0.2) is 5.76 Å². The first-order chi connectivity index (χ1) is 11.5. The molecule has 7 heteroatoms. The lowest BCUT2D eigenvalue weighted by Crippen LogP contribution is -2.28. The van der Waals surface area contributed by atoms with E-state index in [0.717, 1.165) is 18.5 Å². The molecule has 0 spiro atoms. The molecule has 0 radical (unpaired) electrons. The Labute approximate surface area is 144 Å². The quantitative estimate of drug-likeness (QED) is 0.799. The molecule has 1 aromatic carbocycles. The summed E-state index contributed by atoms with van der Waals surface area (Å²) < 4.78 is 16.7. The van der Waals surface area contributed by atoms with Crippen molar-refractivity contribution in [1.82, 2.24) is 10.5 Å². The van der Waals surface area contributed by atoms with E-state index < -0.39 is 10.8 Å². The summed E-state index contributed by atoms with van der Waals surface area (Å²) in [6.07, 6.45) is 3.61. The van der Waals surface area contributed by atoms with Gasteiger partial charge in [-0.1, -0.05) is 25.1 Å². The molecule has 2 rings (SSSR count). The van der Waals surface area contributed by atoms with E-state index in [-0.39, 0.29) is 12.6 Å². The van der Waals surface area contributed by atoms with E-state index in [9.17, 15) is 9.00 Å². The standard InChI is InChI=1S/C17H23N3O3S/c1-4-12(5-2)16-10-14(23-20-16)11-18-17(21)19-13-7-6-8-15(9-13)24(3)22/h6-10,12H,4-5,11H2,1-3H3,(H2,18,19,21).